The Balaban J connectivity index is 1.25. The molecule has 0 aliphatic carbocycles. The van der Waals surface area contributed by atoms with E-state index < -0.39 is 65.4 Å². The zero-order chi connectivity index (χ0) is 43.2. The molecular weight excluding hydrogens is 808 g/mol. The van der Waals surface area contributed by atoms with E-state index in [1.807, 2.05) is 0 Å². The molecule has 0 bridgehead atoms. The van der Waals surface area contributed by atoms with E-state index in [9.17, 15) is 43.2 Å². The highest BCUT2D eigenvalue weighted by Crippen LogP contribution is 2.16. The molecule has 0 N–H and O–H groups in total. The van der Waals surface area contributed by atoms with Gasteiger partial charge in [0, 0.05) is 48.6 Å². The summed E-state index contributed by atoms with van der Waals surface area (Å²) in [5.74, 6) is -5.24. The normalized spacial score (nSPS) is 16.5. The van der Waals surface area contributed by atoms with Gasteiger partial charge in [-0.3, -0.25) is 62.8 Å². The van der Waals surface area contributed by atoms with Crippen LogP contribution in [0.5, 0.6) is 0 Å². The second-order valence-electron chi connectivity index (χ2n) is 12.4. The number of imide groups is 4. The quantitative estimate of drug-likeness (QED) is 0.0273. The van der Waals surface area contributed by atoms with Gasteiger partial charge in [0.15, 0.2) is 0 Å². The van der Waals surface area contributed by atoms with Crippen molar-refractivity contribution in [1.82, 2.24) is 19.6 Å². The third-order valence-corrected chi connectivity index (χ3v) is 8.02. The maximum absolute atomic E-state index is 12.4. The number of hydrogen-bond donors (Lipinski definition) is 0. The van der Waals surface area contributed by atoms with Crippen LogP contribution in [-0.2, 0) is 95.3 Å². The zero-order valence-corrected chi connectivity index (χ0v) is 32.3. The van der Waals surface area contributed by atoms with Crippen LogP contribution in [0.15, 0.2) is 48.6 Å². The van der Waals surface area contributed by atoms with Crippen LogP contribution in [0, 0.1) is 0 Å². The Bertz CT molecular complexity index is 1480. The largest absolute Gasteiger partial charge is 0.462 e. The lowest BCUT2D eigenvalue weighted by molar-refractivity contribution is -0.186. The molecule has 60 heavy (non-hydrogen) atoms. The van der Waals surface area contributed by atoms with Gasteiger partial charge in [0.05, 0.1) is 66.1 Å². The first kappa shape index (κ1) is 47.3. The number of hydrogen-bond acceptors (Lipinski definition) is 20. The minimum absolute atomic E-state index is 0.00546. The molecule has 8 amide bonds. The highest BCUT2D eigenvalue weighted by Gasteiger charge is 2.34. The van der Waals surface area contributed by atoms with Crippen molar-refractivity contribution in [3.05, 3.63) is 48.6 Å². The van der Waals surface area contributed by atoms with Gasteiger partial charge in [-0.2, -0.15) is 0 Å². The lowest BCUT2D eigenvalue weighted by atomic mass is 10.1. The van der Waals surface area contributed by atoms with E-state index in [0.29, 0.717) is 4.90 Å². The number of ether oxygens (including phenoxy) is 11. The molecule has 4 aliphatic rings. The molecule has 0 aromatic heterocycles. The van der Waals surface area contributed by atoms with Gasteiger partial charge in [-0.15, -0.1) is 0 Å². The fraction of sp³-hybridized carbons (Fsp3) is 0.528. The Hall–Kier alpha value is -5.41. The average Bonchev–Trinajstić information content (AvgIpc) is 3.94. The molecule has 24 heteroatoms. The Morgan fingerprint density at radius 1 is 0.383 bits per heavy atom. The summed E-state index contributed by atoms with van der Waals surface area (Å²) in [6.07, 6.45) is 8.80. The summed E-state index contributed by atoms with van der Waals surface area (Å²) in [5.41, 5.74) is -1.38. The Kier molecular flexibility index (Phi) is 19.9. The van der Waals surface area contributed by atoms with E-state index in [1.165, 1.54) is 0 Å². The Morgan fingerprint density at radius 2 is 0.683 bits per heavy atom. The number of esters is 1. The molecule has 0 saturated carbocycles. The summed E-state index contributed by atoms with van der Waals surface area (Å²) in [6.45, 7) is -3.37. The fourth-order valence-electron chi connectivity index (χ4n) is 4.97. The highest BCUT2D eigenvalue weighted by molar-refractivity contribution is 6.15. The van der Waals surface area contributed by atoms with Crippen molar-refractivity contribution in [3.63, 3.8) is 0 Å². The average molecular weight is 853 g/mol. The van der Waals surface area contributed by atoms with Crippen molar-refractivity contribution in [3.8, 4) is 0 Å². The molecule has 0 aromatic rings. The maximum Gasteiger partial charge on any atom is 0.326 e. The monoisotopic (exact) mass is 852 g/mol. The van der Waals surface area contributed by atoms with Crippen molar-refractivity contribution >= 4 is 53.2 Å². The van der Waals surface area contributed by atoms with Gasteiger partial charge in [0.25, 0.3) is 47.3 Å². The molecule has 24 nitrogen and oxygen atoms in total. The number of carbonyl (C=O) groups excluding carboxylic acids is 9. The molecular formula is C36H44N4O20. The van der Waals surface area contributed by atoms with Crippen LogP contribution in [0.3, 0.4) is 0 Å². The summed E-state index contributed by atoms with van der Waals surface area (Å²) in [4.78, 5) is 109. The van der Waals surface area contributed by atoms with Crippen molar-refractivity contribution in [2.75, 3.05) is 120 Å². The standard InChI is InChI=1S/C36H44N4O20/c41-27-1-2-28(42)37(27)17-35(49)59-15-16-60-36(18-50-9-12-53-24-56-21-38-29(43)3-4-30(38)44,19-51-10-13-54-25-57-22-39-31(45)5-6-32(39)46)20-52-11-14-55-26-58-23-40-33(47)7-8-34(40)48/h1-8H,9-26H2. The zero-order valence-electron chi connectivity index (χ0n) is 32.3. The molecule has 0 saturated heterocycles. The van der Waals surface area contributed by atoms with Gasteiger partial charge < -0.3 is 52.1 Å². The molecule has 4 rings (SSSR count). The minimum Gasteiger partial charge on any atom is -0.462 e. The summed E-state index contributed by atoms with van der Waals surface area (Å²) < 4.78 is 60.6. The maximum atomic E-state index is 12.4. The first-order valence-corrected chi connectivity index (χ1v) is 18.1. The predicted molar refractivity (Wildman–Crippen MR) is 191 cm³/mol. The second kappa shape index (κ2) is 25.3. The fourth-order valence-corrected chi connectivity index (χ4v) is 4.97. The van der Waals surface area contributed by atoms with Gasteiger partial charge in [-0.1, -0.05) is 0 Å². The first-order valence-electron chi connectivity index (χ1n) is 18.1. The van der Waals surface area contributed by atoms with Crippen LogP contribution in [-0.4, -0.2) is 198 Å². The van der Waals surface area contributed by atoms with E-state index >= 15 is 0 Å². The molecule has 0 aromatic carbocycles. The molecule has 4 aliphatic heterocycles. The molecule has 0 spiro atoms. The number of rotatable bonds is 33. The summed E-state index contributed by atoms with van der Waals surface area (Å²) in [7, 11) is 0. The molecule has 0 atom stereocenters. The van der Waals surface area contributed by atoms with Crippen molar-refractivity contribution in [1.29, 1.82) is 0 Å². The van der Waals surface area contributed by atoms with Gasteiger partial charge >= 0.3 is 5.97 Å². The van der Waals surface area contributed by atoms with Gasteiger partial charge in [0.2, 0.25) is 0 Å². The van der Waals surface area contributed by atoms with Gasteiger partial charge in [-0.25, -0.2) is 0 Å². The van der Waals surface area contributed by atoms with E-state index in [4.69, 9.17) is 52.1 Å². The van der Waals surface area contributed by atoms with Crippen LogP contribution in [0.4, 0.5) is 0 Å². The summed E-state index contributed by atoms with van der Waals surface area (Å²) >= 11 is 0. The van der Waals surface area contributed by atoms with E-state index in [-0.39, 0.29) is 113 Å². The third-order valence-electron chi connectivity index (χ3n) is 8.02. The smallest absolute Gasteiger partial charge is 0.326 e. The van der Waals surface area contributed by atoms with E-state index in [1.54, 1.807) is 0 Å². The topological polar surface area (TPSA) is 268 Å². The highest BCUT2D eigenvalue weighted by atomic mass is 16.7. The Labute approximate surface area is 341 Å². The number of nitrogens with zero attached hydrogens (tertiary/aromatic N) is 4. The third kappa shape index (κ3) is 15.6. The van der Waals surface area contributed by atoms with Crippen LogP contribution in [0.1, 0.15) is 0 Å². The van der Waals surface area contributed by atoms with Crippen molar-refractivity contribution < 1.29 is 95.3 Å². The van der Waals surface area contributed by atoms with Crippen molar-refractivity contribution in [2.45, 2.75) is 5.60 Å². The predicted octanol–water partition coefficient (Wildman–Crippen LogP) is -3.12. The van der Waals surface area contributed by atoms with Crippen molar-refractivity contribution in [2.24, 2.45) is 0 Å². The number of amides is 8. The van der Waals surface area contributed by atoms with E-state index in [2.05, 4.69) is 0 Å². The number of carbonyl (C=O) groups is 9. The van der Waals surface area contributed by atoms with Crippen LogP contribution >= 0.6 is 0 Å². The molecule has 328 valence electrons. The van der Waals surface area contributed by atoms with Gasteiger partial charge in [-0.05, 0) is 0 Å². The second-order valence-corrected chi connectivity index (χ2v) is 12.4. The lowest BCUT2D eigenvalue weighted by Gasteiger charge is -2.33. The SMILES string of the molecule is O=C(CN1C(=O)C=CC1=O)OCCOC(COCCOCOCN1C(=O)C=CC1=O)(COCCOCOCN1C(=O)C=CC1=O)COCCOCOCN1C(=O)C=CC1=O. The molecule has 0 radical (unpaired) electrons. The molecule has 0 unspecified atom stereocenters. The first-order chi connectivity index (χ1) is 29.0. The van der Waals surface area contributed by atoms with Crippen LogP contribution in [0.25, 0.3) is 0 Å². The van der Waals surface area contributed by atoms with Crippen LogP contribution < -0.4 is 0 Å². The molecule has 0 fully saturated rings. The summed E-state index contributed by atoms with van der Waals surface area (Å²) in [6, 6.07) is 0. The minimum atomic E-state index is -1.38. The molecule has 4 heterocycles. The lowest BCUT2D eigenvalue weighted by Crippen LogP contribution is -2.48. The summed E-state index contributed by atoms with van der Waals surface area (Å²) in [5, 5.41) is 0. The Morgan fingerprint density at radius 3 is 1.02 bits per heavy atom. The van der Waals surface area contributed by atoms with Gasteiger partial charge in [0.1, 0.15) is 59.3 Å². The van der Waals surface area contributed by atoms with Crippen LogP contribution in [0.2, 0.25) is 0 Å². The van der Waals surface area contributed by atoms with E-state index in [0.717, 1.165) is 63.3 Å².